The van der Waals surface area contributed by atoms with Crippen LogP contribution in [0.5, 0.6) is 0 Å². The zero-order valence-corrected chi connectivity index (χ0v) is 14.1. The molecule has 0 aliphatic carbocycles. The van der Waals surface area contributed by atoms with E-state index < -0.39 is 11.8 Å². The third kappa shape index (κ3) is 3.31. The van der Waals surface area contributed by atoms with Gasteiger partial charge in [0.25, 0.3) is 0 Å². The first kappa shape index (κ1) is 16.3. The van der Waals surface area contributed by atoms with E-state index in [1.54, 1.807) is 24.5 Å². The zero-order valence-electron chi connectivity index (χ0n) is 14.1. The Balaban J connectivity index is 1.58. The number of hydrogen-bond acceptors (Lipinski definition) is 3. The predicted molar refractivity (Wildman–Crippen MR) is 94.8 cm³/mol. The third-order valence-electron chi connectivity index (χ3n) is 4.26. The minimum atomic E-state index is -0.512. The van der Waals surface area contributed by atoms with E-state index >= 15 is 0 Å². The smallest absolute Gasteiger partial charge is 0.216 e. The largest absolute Gasteiger partial charge is 0.346 e. The number of aromatic amines is 1. The fourth-order valence-corrected chi connectivity index (χ4v) is 3.01. The number of fused-ring (bicyclic) bond motifs is 1. The molecule has 0 aliphatic heterocycles. The number of hydrogen-bond donors (Lipinski definition) is 1. The maximum atomic E-state index is 14.5. The van der Waals surface area contributed by atoms with Gasteiger partial charge in [-0.1, -0.05) is 6.07 Å². The van der Waals surface area contributed by atoms with Crippen molar-refractivity contribution in [2.75, 3.05) is 0 Å². The number of rotatable bonds is 4. The SMILES string of the molecule is Cc1cnc2[nH]cc(Cc3ccc(Cc4cncc(F)c4)nc3F)c2c1. The summed E-state index contributed by atoms with van der Waals surface area (Å²) in [5.41, 5.74) is 4.51. The minimum absolute atomic E-state index is 0.332. The molecule has 4 nitrogen and oxygen atoms in total. The predicted octanol–water partition coefficient (Wildman–Crippen LogP) is 4.12. The molecule has 0 amide bonds. The second-order valence-corrected chi connectivity index (χ2v) is 6.34. The van der Waals surface area contributed by atoms with Gasteiger partial charge in [0, 0.05) is 48.1 Å². The van der Waals surface area contributed by atoms with E-state index in [-0.39, 0.29) is 0 Å². The Morgan fingerprint density at radius 2 is 1.88 bits per heavy atom. The molecule has 4 rings (SSSR count). The molecule has 0 saturated carbocycles. The van der Waals surface area contributed by atoms with Crippen LogP contribution in [0.2, 0.25) is 0 Å². The number of halogens is 2. The average Bonchev–Trinajstić information content (AvgIpc) is 2.99. The fourth-order valence-electron chi connectivity index (χ4n) is 3.01. The molecular weight excluding hydrogens is 334 g/mol. The second kappa shape index (κ2) is 6.63. The number of aryl methyl sites for hydroxylation is 1. The van der Waals surface area contributed by atoms with Crippen LogP contribution >= 0.6 is 0 Å². The maximum absolute atomic E-state index is 14.5. The number of nitrogens with zero attached hydrogens (tertiary/aromatic N) is 3. The summed E-state index contributed by atoms with van der Waals surface area (Å²) in [6, 6.07) is 6.90. The highest BCUT2D eigenvalue weighted by molar-refractivity contribution is 5.80. The summed E-state index contributed by atoms with van der Waals surface area (Å²) in [5.74, 6) is -0.926. The monoisotopic (exact) mass is 350 g/mol. The Morgan fingerprint density at radius 3 is 2.69 bits per heavy atom. The summed E-state index contributed by atoms with van der Waals surface area (Å²) in [6.07, 6.45) is 7.09. The summed E-state index contributed by atoms with van der Waals surface area (Å²) >= 11 is 0. The van der Waals surface area contributed by atoms with Crippen molar-refractivity contribution in [2.24, 2.45) is 0 Å². The van der Waals surface area contributed by atoms with Crippen LogP contribution in [0.1, 0.15) is 27.9 Å². The van der Waals surface area contributed by atoms with Crippen molar-refractivity contribution in [3.63, 3.8) is 0 Å². The van der Waals surface area contributed by atoms with Crippen LogP contribution in [-0.4, -0.2) is 19.9 Å². The zero-order chi connectivity index (χ0) is 18.1. The molecule has 0 aliphatic rings. The molecule has 4 aromatic rings. The molecule has 0 saturated heterocycles. The first-order valence-corrected chi connectivity index (χ1v) is 8.25. The Bertz CT molecular complexity index is 1090. The molecular formula is C20H16F2N4. The van der Waals surface area contributed by atoms with Crippen molar-refractivity contribution in [1.29, 1.82) is 0 Å². The van der Waals surface area contributed by atoms with Crippen molar-refractivity contribution in [1.82, 2.24) is 19.9 Å². The highest BCUT2D eigenvalue weighted by Gasteiger charge is 2.11. The fraction of sp³-hybridized carbons (Fsp3) is 0.150. The van der Waals surface area contributed by atoms with Gasteiger partial charge in [0.2, 0.25) is 5.95 Å². The van der Waals surface area contributed by atoms with E-state index in [0.29, 0.717) is 29.7 Å². The first-order valence-electron chi connectivity index (χ1n) is 8.25. The molecule has 26 heavy (non-hydrogen) atoms. The summed E-state index contributed by atoms with van der Waals surface area (Å²) in [4.78, 5) is 15.3. The normalized spacial score (nSPS) is 11.2. The highest BCUT2D eigenvalue weighted by Crippen LogP contribution is 2.22. The van der Waals surface area contributed by atoms with Gasteiger partial charge in [0.1, 0.15) is 11.5 Å². The lowest BCUT2D eigenvalue weighted by Gasteiger charge is -2.06. The van der Waals surface area contributed by atoms with Gasteiger partial charge >= 0.3 is 0 Å². The van der Waals surface area contributed by atoms with Crippen LogP contribution in [0.15, 0.2) is 49.1 Å². The summed E-state index contributed by atoms with van der Waals surface area (Å²) in [6.45, 7) is 1.97. The molecule has 0 fully saturated rings. The highest BCUT2D eigenvalue weighted by atomic mass is 19.1. The van der Waals surface area contributed by atoms with Crippen LogP contribution in [0.25, 0.3) is 11.0 Å². The van der Waals surface area contributed by atoms with Gasteiger partial charge < -0.3 is 4.98 Å². The number of H-pyrrole nitrogens is 1. The van der Waals surface area contributed by atoms with Crippen LogP contribution in [-0.2, 0) is 12.8 Å². The van der Waals surface area contributed by atoms with Gasteiger partial charge in [-0.15, -0.1) is 0 Å². The quantitative estimate of drug-likeness (QED) is 0.563. The lowest BCUT2D eigenvalue weighted by atomic mass is 10.0. The van der Waals surface area contributed by atoms with Gasteiger partial charge in [-0.25, -0.2) is 14.4 Å². The summed E-state index contributed by atoms with van der Waals surface area (Å²) < 4.78 is 27.7. The van der Waals surface area contributed by atoms with Crippen LogP contribution in [0, 0.1) is 18.7 Å². The molecule has 0 radical (unpaired) electrons. The molecule has 130 valence electrons. The van der Waals surface area contributed by atoms with E-state index in [0.717, 1.165) is 28.4 Å². The van der Waals surface area contributed by atoms with Gasteiger partial charge in [-0.3, -0.25) is 4.98 Å². The van der Waals surface area contributed by atoms with Crippen molar-refractivity contribution in [2.45, 2.75) is 19.8 Å². The van der Waals surface area contributed by atoms with Crippen molar-refractivity contribution in [3.05, 3.63) is 88.8 Å². The van der Waals surface area contributed by atoms with E-state index in [1.807, 2.05) is 19.2 Å². The first-order chi connectivity index (χ1) is 12.6. The molecule has 0 unspecified atom stereocenters. The lowest BCUT2D eigenvalue weighted by Crippen LogP contribution is -2.01. The Morgan fingerprint density at radius 1 is 1.00 bits per heavy atom. The molecule has 4 aromatic heterocycles. The molecule has 0 atom stereocenters. The van der Waals surface area contributed by atoms with Gasteiger partial charge in [0.15, 0.2) is 0 Å². The molecule has 4 heterocycles. The van der Waals surface area contributed by atoms with Crippen molar-refractivity contribution in [3.8, 4) is 0 Å². The number of aromatic nitrogens is 4. The number of pyridine rings is 3. The Hall–Kier alpha value is -3.15. The summed E-state index contributed by atoms with van der Waals surface area (Å²) in [5, 5.41) is 0.985. The topological polar surface area (TPSA) is 54.5 Å². The van der Waals surface area contributed by atoms with E-state index in [9.17, 15) is 8.78 Å². The van der Waals surface area contributed by atoms with E-state index in [4.69, 9.17) is 0 Å². The second-order valence-electron chi connectivity index (χ2n) is 6.34. The maximum Gasteiger partial charge on any atom is 0.216 e. The molecule has 1 N–H and O–H groups in total. The van der Waals surface area contributed by atoms with E-state index in [1.165, 1.54) is 6.07 Å². The Labute approximate surface area is 149 Å². The van der Waals surface area contributed by atoms with Gasteiger partial charge in [-0.2, -0.15) is 4.39 Å². The molecule has 0 bridgehead atoms. The van der Waals surface area contributed by atoms with Gasteiger partial charge in [0.05, 0.1) is 6.20 Å². The number of nitrogens with one attached hydrogen (secondary N) is 1. The summed E-state index contributed by atoms with van der Waals surface area (Å²) in [7, 11) is 0. The van der Waals surface area contributed by atoms with Crippen molar-refractivity contribution >= 4 is 11.0 Å². The standard InChI is InChI=1S/C20H16F2N4/c1-12-4-18-15(10-25-20(18)24-8-12)7-14-2-3-17(26-19(14)22)6-13-5-16(21)11-23-9-13/h2-5,8-11H,6-7H2,1H3,(H,24,25). The third-order valence-corrected chi connectivity index (χ3v) is 4.26. The molecule has 0 spiro atoms. The van der Waals surface area contributed by atoms with Crippen LogP contribution in [0.3, 0.4) is 0 Å². The molecule has 0 aromatic carbocycles. The van der Waals surface area contributed by atoms with Gasteiger partial charge in [-0.05, 0) is 41.8 Å². The average molecular weight is 350 g/mol. The van der Waals surface area contributed by atoms with Crippen LogP contribution in [0.4, 0.5) is 8.78 Å². The Kier molecular flexibility index (Phi) is 4.16. The molecule has 6 heteroatoms. The van der Waals surface area contributed by atoms with Crippen LogP contribution < -0.4 is 0 Å². The lowest BCUT2D eigenvalue weighted by molar-refractivity contribution is 0.564. The minimum Gasteiger partial charge on any atom is -0.346 e. The van der Waals surface area contributed by atoms with E-state index in [2.05, 4.69) is 19.9 Å². The van der Waals surface area contributed by atoms with Crippen molar-refractivity contribution < 1.29 is 8.78 Å².